The van der Waals surface area contributed by atoms with E-state index >= 15 is 0 Å². The van der Waals surface area contributed by atoms with Crippen molar-refractivity contribution in [1.82, 2.24) is 10.2 Å². The first-order valence-corrected chi connectivity index (χ1v) is 5.92. The van der Waals surface area contributed by atoms with Crippen LogP contribution in [0.4, 0.5) is 0 Å². The van der Waals surface area contributed by atoms with Crippen molar-refractivity contribution in [3.63, 3.8) is 0 Å². The zero-order chi connectivity index (χ0) is 9.80. The Morgan fingerprint density at radius 1 is 1.36 bits per heavy atom. The summed E-state index contributed by atoms with van der Waals surface area (Å²) in [6.45, 7) is 7.71. The van der Waals surface area contributed by atoms with Gasteiger partial charge in [-0.15, -0.1) is 0 Å². The summed E-state index contributed by atoms with van der Waals surface area (Å²) in [5.74, 6) is 0. The smallest absolute Gasteiger partial charge is 0.0674 e. The van der Waals surface area contributed by atoms with Gasteiger partial charge in [-0.25, -0.2) is 0 Å². The van der Waals surface area contributed by atoms with Crippen molar-refractivity contribution < 1.29 is 4.74 Å². The van der Waals surface area contributed by atoms with Crippen LogP contribution in [0.25, 0.3) is 0 Å². The highest BCUT2D eigenvalue weighted by Crippen LogP contribution is 2.14. The van der Waals surface area contributed by atoms with E-state index in [9.17, 15) is 0 Å². The zero-order valence-electron chi connectivity index (χ0n) is 9.17. The van der Waals surface area contributed by atoms with E-state index in [1.165, 1.54) is 32.4 Å². The molecule has 2 fully saturated rings. The van der Waals surface area contributed by atoms with Crippen LogP contribution in [0.3, 0.4) is 0 Å². The molecule has 0 saturated carbocycles. The molecule has 0 radical (unpaired) electrons. The number of hydrogen-bond acceptors (Lipinski definition) is 3. The van der Waals surface area contributed by atoms with Crippen LogP contribution in [0, 0.1) is 0 Å². The average Bonchev–Trinajstić information content (AvgIpc) is 2.45. The molecule has 2 heterocycles. The second kappa shape index (κ2) is 5.10. The van der Waals surface area contributed by atoms with Gasteiger partial charge in [-0.2, -0.15) is 0 Å². The van der Waals surface area contributed by atoms with Crippen molar-refractivity contribution in [3.05, 3.63) is 0 Å². The predicted octanol–water partition coefficient (Wildman–Crippen LogP) is 0.849. The van der Waals surface area contributed by atoms with Crippen molar-refractivity contribution >= 4 is 0 Å². The third kappa shape index (κ3) is 2.69. The van der Waals surface area contributed by atoms with Gasteiger partial charge in [0, 0.05) is 25.7 Å². The van der Waals surface area contributed by atoms with Crippen LogP contribution < -0.4 is 5.32 Å². The number of rotatable bonds is 1. The normalized spacial score (nSPS) is 36.6. The molecule has 2 unspecified atom stereocenters. The summed E-state index contributed by atoms with van der Waals surface area (Å²) in [5, 5.41) is 3.53. The van der Waals surface area contributed by atoms with Crippen LogP contribution in [-0.4, -0.2) is 49.8 Å². The number of nitrogens with one attached hydrogen (secondary N) is 1. The molecule has 0 aromatic rings. The van der Waals surface area contributed by atoms with Crippen LogP contribution >= 0.6 is 0 Å². The minimum Gasteiger partial charge on any atom is -0.376 e. The Morgan fingerprint density at radius 2 is 2.29 bits per heavy atom. The molecular weight excluding hydrogens is 176 g/mol. The van der Waals surface area contributed by atoms with Gasteiger partial charge >= 0.3 is 0 Å². The third-order valence-electron chi connectivity index (χ3n) is 3.31. The highest BCUT2D eigenvalue weighted by molar-refractivity contribution is 4.80. The quantitative estimate of drug-likeness (QED) is 0.676. The number of nitrogens with zero attached hydrogens (tertiary/aromatic N) is 1. The van der Waals surface area contributed by atoms with E-state index in [1.807, 2.05) is 0 Å². The first-order valence-electron chi connectivity index (χ1n) is 5.92. The lowest BCUT2D eigenvalue weighted by Gasteiger charge is -2.36. The lowest BCUT2D eigenvalue weighted by molar-refractivity contribution is -0.0343. The van der Waals surface area contributed by atoms with E-state index in [1.54, 1.807) is 0 Å². The fraction of sp³-hybridized carbons (Fsp3) is 1.00. The zero-order valence-corrected chi connectivity index (χ0v) is 9.17. The van der Waals surface area contributed by atoms with Gasteiger partial charge in [0.15, 0.2) is 0 Å². The SMILES string of the molecule is CC1CN(C2CCCCNC2)CCO1. The molecule has 2 aliphatic rings. The van der Waals surface area contributed by atoms with E-state index in [2.05, 4.69) is 17.1 Å². The lowest BCUT2D eigenvalue weighted by atomic mass is 10.1. The Bertz CT molecular complexity index is 167. The Balaban J connectivity index is 1.85. The highest BCUT2D eigenvalue weighted by atomic mass is 16.5. The molecule has 0 spiro atoms. The van der Waals surface area contributed by atoms with Crippen molar-refractivity contribution in [2.75, 3.05) is 32.8 Å². The molecule has 0 amide bonds. The molecule has 82 valence electrons. The minimum absolute atomic E-state index is 0.423. The van der Waals surface area contributed by atoms with E-state index < -0.39 is 0 Å². The first kappa shape index (κ1) is 10.4. The second-order valence-electron chi connectivity index (χ2n) is 4.53. The molecular formula is C11H22N2O. The summed E-state index contributed by atoms with van der Waals surface area (Å²) in [7, 11) is 0. The van der Waals surface area contributed by atoms with Gasteiger partial charge in [0.2, 0.25) is 0 Å². The molecule has 3 heteroatoms. The van der Waals surface area contributed by atoms with Crippen LogP contribution in [0.2, 0.25) is 0 Å². The molecule has 3 nitrogen and oxygen atoms in total. The van der Waals surface area contributed by atoms with Crippen LogP contribution in [-0.2, 0) is 4.74 Å². The fourth-order valence-electron chi connectivity index (χ4n) is 2.49. The van der Waals surface area contributed by atoms with E-state index in [4.69, 9.17) is 4.74 Å². The van der Waals surface area contributed by atoms with Crippen molar-refractivity contribution in [2.45, 2.75) is 38.3 Å². The van der Waals surface area contributed by atoms with Gasteiger partial charge in [-0.1, -0.05) is 6.42 Å². The van der Waals surface area contributed by atoms with Gasteiger partial charge in [-0.3, -0.25) is 4.90 Å². The number of morpholine rings is 1. The van der Waals surface area contributed by atoms with Gasteiger partial charge in [0.1, 0.15) is 0 Å². The topological polar surface area (TPSA) is 24.5 Å². The molecule has 0 aliphatic carbocycles. The molecule has 2 saturated heterocycles. The van der Waals surface area contributed by atoms with Crippen LogP contribution in [0.15, 0.2) is 0 Å². The molecule has 2 atom stereocenters. The Hall–Kier alpha value is -0.120. The first-order chi connectivity index (χ1) is 6.86. The molecule has 0 aromatic carbocycles. The molecule has 2 rings (SSSR count). The maximum absolute atomic E-state index is 5.57. The van der Waals surface area contributed by atoms with Crippen LogP contribution in [0.1, 0.15) is 26.2 Å². The van der Waals surface area contributed by atoms with Crippen molar-refractivity contribution in [3.8, 4) is 0 Å². The van der Waals surface area contributed by atoms with Gasteiger partial charge in [-0.05, 0) is 26.3 Å². The van der Waals surface area contributed by atoms with Crippen LogP contribution in [0.5, 0.6) is 0 Å². The maximum Gasteiger partial charge on any atom is 0.0674 e. The minimum atomic E-state index is 0.423. The molecule has 1 N–H and O–H groups in total. The standard InChI is InChI=1S/C11H22N2O/c1-10-9-13(6-7-14-10)11-4-2-3-5-12-8-11/h10-12H,2-9H2,1H3. The summed E-state index contributed by atoms with van der Waals surface area (Å²) in [4.78, 5) is 2.60. The van der Waals surface area contributed by atoms with E-state index in [0.717, 1.165) is 25.7 Å². The van der Waals surface area contributed by atoms with E-state index in [0.29, 0.717) is 6.10 Å². The summed E-state index contributed by atoms with van der Waals surface area (Å²) < 4.78 is 5.57. The van der Waals surface area contributed by atoms with Crippen molar-refractivity contribution in [2.24, 2.45) is 0 Å². The summed E-state index contributed by atoms with van der Waals surface area (Å²) in [5.41, 5.74) is 0. The maximum atomic E-state index is 5.57. The third-order valence-corrected chi connectivity index (χ3v) is 3.31. The molecule has 0 aromatic heterocycles. The highest BCUT2D eigenvalue weighted by Gasteiger charge is 2.24. The fourth-order valence-corrected chi connectivity index (χ4v) is 2.49. The second-order valence-corrected chi connectivity index (χ2v) is 4.53. The molecule has 0 bridgehead atoms. The van der Waals surface area contributed by atoms with Gasteiger partial charge in [0.25, 0.3) is 0 Å². The monoisotopic (exact) mass is 198 g/mol. The summed E-state index contributed by atoms with van der Waals surface area (Å²) in [6.07, 6.45) is 4.51. The Kier molecular flexibility index (Phi) is 3.79. The van der Waals surface area contributed by atoms with Gasteiger partial charge in [0.05, 0.1) is 12.7 Å². The van der Waals surface area contributed by atoms with E-state index in [-0.39, 0.29) is 0 Å². The molecule has 2 aliphatic heterocycles. The molecule has 14 heavy (non-hydrogen) atoms. The average molecular weight is 198 g/mol. The Labute approximate surface area is 86.8 Å². The predicted molar refractivity (Wildman–Crippen MR) is 57.5 cm³/mol. The van der Waals surface area contributed by atoms with Crippen molar-refractivity contribution in [1.29, 1.82) is 0 Å². The van der Waals surface area contributed by atoms with Gasteiger partial charge < -0.3 is 10.1 Å². The lowest BCUT2D eigenvalue weighted by Crippen LogP contribution is -2.49. The number of hydrogen-bond donors (Lipinski definition) is 1. The largest absolute Gasteiger partial charge is 0.376 e. The number of ether oxygens (including phenoxy) is 1. The summed E-state index contributed by atoms with van der Waals surface area (Å²) >= 11 is 0. The summed E-state index contributed by atoms with van der Waals surface area (Å²) in [6, 6.07) is 0.754. The Morgan fingerprint density at radius 3 is 3.14 bits per heavy atom.